The molecule has 3 aromatic rings. The SMILES string of the molecule is COc1ccc(CN2C(=O)C(O)=C(c3ccc(Cl)cc3)[C@H]2c2ccccc2F)cc1. The number of hydrogen-bond acceptors (Lipinski definition) is 3. The van der Waals surface area contributed by atoms with Crippen molar-refractivity contribution >= 4 is 23.1 Å². The smallest absolute Gasteiger partial charge is 0.290 e. The van der Waals surface area contributed by atoms with E-state index in [1.165, 1.54) is 11.0 Å². The van der Waals surface area contributed by atoms with E-state index in [4.69, 9.17) is 16.3 Å². The fourth-order valence-electron chi connectivity index (χ4n) is 3.69. The highest BCUT2D eigenvalue weighted by molar-refractivity contribution is 6.30. The third-order valence-corrected chi connectivity index (χ3v) is 5.42. The monoisotopic (exact) mass is 423 g/mol. The highest BCUT2D eigenvalue weighted by Crippen LogP contribution is 2.44. The van der Waals surface area contributed by atoms with E-state index in [-0.39, 0.29) is 12.3 Å². The number of hydrogen-bond donors (Lipinski definition) is 1. The van der Waals surface area contributed by atoms with Crippen LogP contribution in [0.1, 0.15) is 22.7 Å². The predicted molar refractivity (Wildman–Crippen MR) is 114 cm³/mol. The van der Waals surface area contributed by atoms with E-state index in [1.807, 2.05) is 12.1 Å². The van der Waals surface area contributed by atoms with Crippen LogP contribution in [0.5, 0.6) is 5.75 Å². The van der Waals surface area contributed by atoms with Gasteiger partial charge in [-0.3, -0.25) is 4.79 Å². The van der Waals surface area contributed by atoms with Crippen molar-refractivity contribution in [2.75, 3.05) is 7.11 Å². The van der Waals surface area contributed by atoms with Crippen LogP contribution in [0.25, 0.3) is 5.57 Å². The first-order valence-electron chi connectivity index (χ1n) is 9.37. The fraction of sp³-hybridized carbons (Fsp3) is 0.125. The topological polar surface area (TPSA) is 49.8 Å². The van der Waals surface area contributed by atoms with Gasteiger partial charge in [-0.05, 0) is 41.5 Å². The molecule has 0 saturated carbocycles. The van der Waals surface area contributed by atoms with Crippen molar-refractivity contribution in [1.29, 1.82) is 0 Å². The number of nitrogens with zero attached hydrogens (tertiary/aromatic N) is 1. The summed E-state index contributed by atoms with van der Waals surface area (Å²) in [6, 6.07) is 19.5. The molecule has 0 radical (unpaired) electrons. The lowest BCUT2D eigenvalue weighted by Gasteiger charge is -2.28. The van der Waals surface area contributed by atoms with Crippen LogP contribution in [0, 0.1) is 5.82 Å². The van der Waals surface area contributed by atoms with E-state index in [9.17, 15) is 14.3 Å². The van der Waals surface area contributed by atoms with Crippen molar-refractivity contribution < 1.29 is 19.0 Å². The van der Waals surface area contributed by atoms with Crippen molar-refractivity contribution in [3.05, 3.63) is 106 Å². The largest absolute Gasteiger partial charge is 0.503 e. The molecule has 1 N–H and O–H groups in total. The number of carbonyl (C=O) groups is 1. The van der Waals surface area contributed by atoms with Gasteiger partial charge in [0.05, 0.1) is 13.2 Å². The van der Waals surface area contributed by atoms with E-state index in [0.29, 0.717) is 27.5 Å². The van der Waals surface area contributed by atoms with E-state index in [2.05, 4.69) is 0 Å². The van der Waals surface area contributed by atoms with Crippen LogP contribution in [0.2, 0.25) is 5.02 Å². The number of carbonyl (C=O) groups excluding carboxylic acids is 1. The molecule has 0 unspecified atom stereocenters. The standard InChI is InChI=1S/C24H19ClFNO3/c1-30-18-12-6-15(7-13-18)14-27-22(19-4-2-3-5-20(19)26)21(23(28)24(27)29)16-8-10-17(25)11-9-16/h2-13,22,28H,14H2,1H3/t22-/m1/s1. The van der Waals surface area contributed by atoms with Crippen molar-refractivity contribution in [2.24, 2.45) is 0 Å². The van der Waals surface area contributed by atoms with Crippen LogP contribution >= 0.6 is 11.6 Å². The van der Waals surface area contributed by atoms with E-state index in [0.717, 1.165) is 5.56 Å². The second-order valence-corrected chi connectivity index (χ2v) is 7.41. The molecule has 1 aliphatic rings. The van der Waals surface area contributed by atoms with Gasteiger partial charge in [-0.1, -0.05) is 54.1 Å². The third kappa shape index (κ3) is 3.64. The zero-order valence-corrected chi connectivity index (χ0v) is 16.9. The number of rotatable bonds is 5. The summed E-state index contributed by atoms with van der Waals surface area (Å²) < 4.78 is 20.0. The second-order valence-electron chi connectivity index (χ2n) is 6.97. The molecule has 1 atom stereocenters. The summed E-state index contributed by atoms with van der Waals surface area (Å²) in [7, 11) is 1.58. The van der Waals surface area contributed by atoms with Crippen LogP contribution in [0.4, 0.5) is 4.39 Å². The Bertz CT molecular complexity index is 1110. The average molecular weight is 424 g/mol. The number of benzene rings is 3. The molecule has 0 saturated heterocycles. The summed E-state index contributed by atoms with van der Waals surface area (Å²) in [5.41, 5.74) is 2.11. The molecule has 30 heavy (non-hydrogen) atoms. The lowest BCUT2D eigenvalue weighted by molar-refractivity contribution is -0.130. The number of methoxy groups -OCH3 is 1. The first-order valence-corrected chi connectivity index (χ1v) is 9.75. The van der Waals surface area contributed by atoms with Gasteiger partial charge < -0.3 is 14.7 Å². The Labute approximate surface area is 178 Å². The number of ether oxygens (including phenoxy) is 1. The molecule has 0 spiro atoms. The Balaban J connectivity index is 1.80. The molecule has 0 bridgehead atoms. The summed E-state index contributed by atoms with van der Waals surface area (Å²) in [6.07, 6.45) is 0. The molecule has 4 nitrogen and oxygen atoms in total. The maximum Gasteiger partial charge on any atom is 0.290 e. The van der Waals surface area contributed by atoms with E-state index in [1.54, 1.807) is 61.7 Å². The van der Waals surface area contributed by atoms with Gasteiger partial charge in [0.15, 0.2) is 5.76 Å². The van der Waals surface area contributed by atoms with Crippen molar-refractivity contribution in [2.45, 2.75) is 12.6 Å². The lowest BCUT2D eigenvalue weighted by Crippen LogP contribution is -2.30. The first kappa shape index (κ1) is 20.0. The molecule has 0 aromatic heterocycles. The molecule has 0 fully saturated rings. The number of halogens is 2. The molecular formula is C24H19ClFNO3. The quantitative estimate of drug-likeness (QED) is 0.586. The van der Waals surface area contributed by atoms with Gasteiger partial charge >= 0.3 is 0 Å². The van der Waals surface area contributed by atoms with Crippen LogP contribution in [-0.2, 0) is 11.3 Å². The van der Waals surface area contributed by atoms with Crippen molar-refractivity contribution in [3.63, 3.8) is 0 Å². The molecule has 3 aromatic carbocycles. The first-order chi connectivity index (χ1) is 14.5. The minimum absolute atomic E-state index is 0.197. The summed E-state index contributed by atoms with van der Waals surface area (Å²) in [5.74, 6) is -0.695. The molecule has 1 amide bonds. The Morgan fingerprint density at radius 2 is 1.70 bits per heavy atom. The highest BCUT2D eigenvalue weighted by atomic mass is 35.5. The van der Waals surface area contributed by atoms with Gasteiger partial charge in [0.2, 0.25) is 0 Å². The summed E-state index contributed by atoms with van der Waals surface area (Å²) >= 11 is 6.00. The van der Waals surface area contributed by atoms with Crippen LogP contribution < -0.4 is 4.74 Å². The maximum atomic E-state index is 14.8. The molecule has 0 aliphatic carbocycles. The fourth-order valence-corrected chi connectivity index (χ4v) is 3.81. The lowest BCUT2D eigenvalue weighted by atomic mass is 9.93. The zero-order valence-electron chi connectivity index (χ0n) is 16.2. The van der Waals surface area contributed by atoms with Crippen LogP contribution in [-0.4, -0.2) is 23.0 Å². The molecule has 6 heteroatoms. The molecular weight excluding hydrogens is 405 g/mol. The second kappa shape index (κ2) is 8.20. The zero-order chi connectivity index (χ0) is 21.3. The van der Waals surface area contributed by atoms with Gasteiger partial charge in [-0.15, -0.1) is 0 Å². The predicted octanol–water partition coefficient (Wildman–Crippen LogP) is 5.54. The molecule has 1 aliphatic heterocycles. The van der Waals surface area contributed by atoms with Crippen LogP contribution in [0.15, 0.2) is 78.6 Å². The molecule has 4 rings (SSSR count). The normalized spacial score (nSPS) is 16.3. The van der Waals surface area contributed by atoms with Crippen molar-refractivity contribution in [3.8, 4) is 5.75 Å². The summed E-state index contributed by atoms with van der Waals surface area (Å²) in [5, 5.41) is 11.3. The van der Waals surface area contributed by atoms with E-state index >= 15 is 0 Å². The highest BCUT2D eigenvalue weighted by Gasteiger charge is 2.42. The third-order valence-electron chi connectivity index (χ3n) is 5.17. The number of aliphatic hydroxyl groups excluding tert-OH is 1. The maximum absolute atomic E-state index is 14.8. The minimum atomic E-state index is -0.776. The summed E-state index contributed by atoms with van der Waals surface area (Å²) in [6.45, 7) is 0.197. The number of aliphatic hydroxyl groups is 1. The number of amides is 1. The minimum Gasteiger partial charge on any atom is -0.503 e. The molecule has 1 heterocycles. The Morgan fingerprint density at radius 3 is 2.33 bits per heavy atom. The molecule has 152 valence electrons. The average Bonchev–Trinajstić information content (AvgIpc) is 3.00. The Kier molecular flexibility index (Phi) is 5.46. The Hall–Kier alpha value is -3.31. The van der Waals surface area contributed by atoms with Crippen molar-refractivity contribution in [1.82, 2.24) is 4.90 Å². The van der Waals surface area contributed by atoms with Gasteiger partial charge in [-0.2, -0.15) is 0 Å². The van der Waals surface area contributed by atoms with E-state index < -0.39 is 17.8 Å². The summed E-state index contributed by atoms with van der Waals surface area (Å²) in [4.78, 5) is 14.5. The van der Waals surface area contributed by atoms with Gasteiger partial charge in [0, 0.05) is 22.7 Å². The Morgan fingerprint density at radius 1 is 1.03 bits per heavy atom. The van der Waals surface area contributed by atoms with Gasteiger partial charge in [0.1, 0.15) is 11.6 Å². The van der Waals surface area contributed by atoms with Gasteiger partial charge in [-0.25, -0.2) is 4.39 Å². The van der Waals surface area contributed by atoms with Gasteiger partial charge in [0.25, 0.3) is 5.91 Å². The van der Waals surface area contributed by atoms with Crippen LogP contribution in [0.3, 0.4) is 0 Å².